The van der Waals surface area contributed by atoms with E-state index in [2.05, 4.69) is 35.6 Å². The van der Waals surface area contributed by atoms with E-state index in [0.29, 0.717) is 58.3 Å². The van der Waals surface area contributed by atoms with Crippen molar-refractivity contribution in [2.24, 2.45) is 11.7 Å². The summed E-state index contributed by atoms with van der Waals surface area (Å²) in [5, 5.41) is 13.1. The Morgan fingerprint density at radius 1 is 0.839 bits per heavy atom. The predicted molar refractivity (Wildman–Crippen MR) is 220 cm³/mol. The molecule has 0 aliphatic carbocycles. The molecule has 21 heteroatoms. The van der Waals surface area contributed by atoms with Gasteiger partial charge in [0.25, 0.3) is 17.7 Å². The zero-order chi connectivity index (χ0) is 43.4. The van der Waals surface area contributed by atoms with E-state index in [1.54, 1.807) is 29.0 Å². The Morgan fingerprint density at radius 3 is 2.37 bits per heavy atom. The van der Waals surface area contributed by atoms with Crippen molar-refractivity contribution < 1.29 is 37.5 Å². The lowest BCUT2D eigenvalue weighted by molar-refractivity contribution is -0.136. The molecule has 7 amide bonds. The lowest BCUT2D eigenvalue weighted by Gasteiger charge is -2.37. The van der Waals surface area contributed by atoms with E-state index < -0.39 is 47.2 Å². The Labute approximate surface area is 355 Å². The second-order valence-corrected chi connectivity index (χ2v) is 16.8. The lowest BCUT2D eigenvalue weighted by atomic mass is 10.0. The summed E-state index contributed by atoms with van der Waals surface area (Å²) >= 11 is 0. The maximum atomic E-state index is 15.8. The van der Waals surface area contributed by atoms with Crippen molar-refractivity contribution in [3.05, 3.63) is 58.8 Å². The highest BCUT2D eigenvalue weighted by Crippen LogP contribution is 2.34. The normalized spacial score (nSPS) is 23.5. The van der Waals surface area contributed by atoms with Crippen molar-refractivity contribution in [1.29, 1.82) is 0 Å². The van der Waals surface area contributed by atoms with Crippen LogP contribution in [0.3, 0.4) is 0 Å². The molecule has 62 heavy (non-hydrogen) atoms. The van der Waals surface area contributed by atoms with Crippen LogP contribution in [0, 0.1) is 17.6 Å². The third kappa shape index (κ3) is 7.57. The molecule has 6 aliphatic heterocycles. The van der Waals surface area contributed by atoms with Gasteiger partial charge in [-0.1, -0.05) is 0 Å². The Balaban J connectivity index is 0.801. The third-order valence-corrected chi connectivity index (χ3v) is 12.9. The van der Waals surface area contributed by atoms with Gasteiger partial charge in [0.15, 0.2) is 23.1 Å². The van der Waals surface area contributed by atoms with Crippen LogP contribution >= 0.6 is 0 Å². The van der Waals surface area contributed by atoms with E-state index in [-0.39, 0.29) is 64.9 Å². The molecule has 0 bridgehead atoms. The van der Waals surface area contributed by atoms with Crippen LogP contribution in [0.15, 0.2) is 30.3 Å². The number of piperazine rings is 1. The zero-order valence-corrected chi connectivity index (χ0v) is 34.2. The standard InChI is InChI=1S/C41H47F2N13O6/c1-50-13-18-55(41(50)62)25-3-2-11-54(22-25)40-47-36(34(35(44)58)48-49-40)45-28-6-7-29(33(43)32(28)42)52-16-14-51(15-17-52)20-23-10-12-53(21-23)24-4-5-26-27(19-24)39(61)56(38(26)60)30-8-9-31(57)46-37(30)59/h4-7,19,23,25,30H,2-3,8-18,20-22H2,1H3,(H2,44,58)(H,45,47,49)(H,46,57,59). The van der Waals surface area contributed by atoms with Gasteiger partial charge >= 0.3 is 6.03 Å². The topological polar surface area (TPSA) is 214 Å². The Hall–Kier alpha value is -6.51. The van der Waals surface area contributed by atoms with Gasteiger partial charge in [-0.25, -0.2) is 13.6 Å². The van der Waals surface area contributed by atoms with E-state index in [1.165, 1.54) is 12.1 Å². The fourth-order valence-electron chi connectivity index (χ4n) is 9.52. The van der Waals surface area contributed by atoms with Crippen molar-refractivity contribution in [3.63, 3.8) is 0 Å². The molecule has 3 atom stereocenters. The number of nitrogens with zero attached hydrogens (tertiary/aromatic N) is 10. The Kier molecular flexibility index (Phi) is 10.8. The SMILES string of the molecule is CN1CCN(C2CCCN(c3nnc(C(N)=O)c(Nc4ccc(N5CCN(CC6CCN(c7ccc8c(c7)C(=O)N(C7CCC(=O)NC7=O)C8=O)C6)CC5)c(F)c4F)n3)C2)C1=O. The summed E-state index contributed by atoms with van der Waals surface area (Å²) < 4.78 is 31.6. The van der Waals surface area contributed by atoms with Crippen LogP contribution in [0.4, 0.5) is 42.4 Å². The number of imide groups is 2. The summed E-state index contributed by atoms with van der Waals surface area (Å²) in [5.41, 5.74) is 6.38. The number of likely N-dealkylation sites (N-methyl/N-ethyl adjacent to an activating group) is 1. The minimum Gasteiger partial charge on any atom is -0.371 e. The van der Waals surface area contributed by atoms with Crippen LogP contribution in [-0.4, -0.2) is 161 Å². The fraction of sp³-hybridized carbons (Fsp3) is 0.488. The molecular formula is C41H47F2N13O6. The number of hydrogen-bond donors (Lipinski definition) is 3. The van der Waals surface area contributed by atoms with Gasteiger partial charge in [0, 0.05) is 91.1 Å². The van der Waals surface area contributed by atoms with E-state index in [1.807, 2.05) is 15.9 Å². The number of aromatic nitrogens is 3. The van der Waals surface area contributed by atoms with E-state index in [4.69, 9.17) is 5.73 Å². The first-order valence-electron chi connectivity index (χ1n) is 21.0. The summed E-state index contributed by atoms with van der Waals surface area (Å²) in [6.45, 7) is 6.72. The second kappa shape index (κ2) is 16.4. The number of nitrogens with one attached hydrogen (secondary N) is 2. The average molecular weight is 856 g/mol. The number of rotatable bonds is 10. The summed E-state index contributed by atoms with van der Waals surface area (Å²) in [4.78, 5) is 92.7. The number of carbonyl (C=O) groups excluding carboxylic acids is 6. The molecule has 3 unspecified atom stereocenters. The van der Waals surface area contributed by atoms with Gasteiger partial charge in [0.05, 0.1) is 28.5 Å². The van der Waals surface area contributed by atoms with Crippen LogP contribution < -0.4 is 31.1 Å². The molecule has 5 saturated heterocycles. The molecule has 0 spiro atoms. The molecule has 7 heterocycles. The average Bonchev–Trinajstić information content (AvgIpc) is 3.94. The fourth-order valence-corrected chi connectivity index (χ4v) is 9.52. The van der Waals surface area contributed by atoms with E-state index in [9.17, 15) is 28.8 Å². The first-order chi connectivity index (χ1) is 29.8. The van der Waals surface area contributed by atoms with Gasteiger partial charge in [0.2, 0.25) is 17.8 Å². The summed E-state index contributed by atoms with van der Waals surface area (Å²) in [6.07, 6.45) is 2.62. The summed E-state index contributed by atoms with van der Waals surface area (Å²) in [5.74, 6) is -4.99. The van der Waals surface area contributed by atoms with Crippen molar-refractivity contribution in [3.8, 4) is 0 Å². The monoisotopic (exact) mass is 855 g/mol. The van der Waals surface area contributed by atoms with Crippen molar-refractivity contribution in [1.82, 2.24) is 40.1 Å². The van der Waals surface area contributed by atoms with Gasteiger partial charge in [-0.3, -0.25) is 39.1 Å². The maximum absolute atomic E-state index is 15.8. The highest BCUT2D eigenvalue weighted by atomic mass is 19.2. The number of halogens is 2. The highest BCUT2D eigenvalue weighted by Gasteiger charge is 2.45. The summed E-state index contributed by atoms with van der Waals surface area (Å²) in [7, 11) is 1.76. The number of fused-ring (bicyclic) bond motifs is 1. The largest absolute Gasteiger partial charge is 0.371 e. The third-order valence-electron chi connectivity index (χ3n) is 12.9. The second-order valence-electron chi connectivity index (χ2n) is 16.8. The van der Waals surface area contributed by atoms with Crippen molar-refractivity contribution >= 4 is 64.4 Å². The first-order valence-corrected chi connectivity index (χ1v) is 21.0. The van der Waals surface area contributed by atoms with Gasteiger partial charge in [-0.15, -0.1) is 10.2 Å². The van der Waals surface area contributed by atoms with Crippen molar-refractivity contribution in [2.45, 2.75) is 44.2 Å². The highest BCUT2D eigenvalue weighted by molar-refractivity contribution is 6.23. The van der Waals surface area contributed by atoms with Gasteiger partial charge in [-0.2, -0.15) is 4.98 Å². The molecule has 2 aromatic carbocycles. The van der Waals surface area contributed by atoms with E-state index in [0.717, 1.165) is 49.5 Å². The molecule has 9 rings (SSSR count). The zero-order valence-electron chi connectivity index (χ0n) is 34.2. The van der Waals surface area contributed by atoms with Gasteiger partial charge in [0.1, 0.15) is 6.04 Å². The quantitative estimate of drug-likeness (QED) is 0.246. The molecule has 1 aromatic heterocycles. The molecular weight excluding hydrogens is 809 g/mol. The minimum atomic E-state index is -1.15. The number of piperidine rings is 2. The molecule has 19 nitrogen and oxygen atoms in total. The number of anilines is 5. The summed E-state index contributed by atoms with van der Waals surface area (Å²) in [6, 6.07) is 6.89. The lowest BCUT2D eigenvalue weighted by Crippen LogP contribution is -2.54. The van der Waals surface area contributed by atoms with Crippen molar-refractivity contribution in [2.75, 3.05) is 99.1 Å². The molecule has 5 fully saturated rings. The van der Waals surface area contributed by atoms with E-state index >= 15 is 8.78 Å². The minimum absolute atomic E-state index is 0.0407. The Morgan fingerprint density at radius 2 is 1.63 bits per heavy atom. The van der Waals surface area contributed by atoms with Crippen LogP contribution in [0.25, 0.3) is 0 Å². The Bertz CT molecular complexity index is 2360. The van der Waals surface area contributed by atoms with Gasteiger partial charge in [-0.05, 0) is 61.9 Å². The first kappa shape index (κ1) is 40.9. The van der Waals surface area contributed by atoms with Crippen LogP contribution in [0.5, 0.6) is 0 Å². The number of primary amides is 1. The molecule has 0 saturated carbocycles. The molecule has 326 valence electrons. The number of benzene rings is 2. The maximum Gasteiger partial charge on any atom is 0.320 e. The number of urea groups is 1. The number of hydrogen-bond acceptors (Lipinski definition) is 14. The molecule has 0 radical (unpaired) electrons. The van der Waals surface area contributed by atoms with Gasteiger partial charge < -0.3 is 35.6 Å². The molecule has 3 aromatic rings. The number of nitrogens with two attached hydrogens (primary N) is 1. The molecule has 6 aliphatic rings. The number of carbonyl (C=O) groups is 6. The van der Waals surface area contributed by atoms with Crippen LogP contribution in [-0.2, 0) is 9.59 Å². The van der Waals surface area contributed by atoms with Crippen LogP contribution in [0.1, 0.15) is 63.3 Å². The number of amides is 7. The van der Waals surface area contributed by atoms with Crippen LogP contribution in [0.2, 0.25) is 0 Å². The molecule has 4 N–H and O–H groups in total. The predicted octanol–water partition coefficient (Wildman–Crippen LogP) is 1.38. The smallest absolute Gasteiger partial charge is 0.320 e.